The number of aromatic nitrogens is 1. The second-order valence-electron chi connectivity index (χ2n) is 3.52. The van der Waals surface area contributed by atoms with Gasteiger partial charge in [0.2, 0.25) is 0 Å². The number of halogens is 7. The Morgan fingerprint density at radius 1 is 1.29 bits per heavy atom. The number of ether oxygens (including phenoxy) is 2. The Hall–Kier alpha value is -1.52. The number of alkyl halides is 7. The first-order valence-electron chi connectivity index (χ1n) is 5.00. The third-order valence-corrected chi connectivity index (χ3v) is 2.68. The van der Waals surface area contributed by atoms with Gasteiger partial charge in [-0.3, -0.25) is 0 Å². The van der Waals surface area contributed by atoms with Crippen molar-refractivity contribution in [1.29, 1.82) is 0 Å². The van der Waals surface area contributed by atoms with Crippen LogP contribution < -0.4 is 4.74 Å². The molecule has 21 heavy (non-hydrogen) atoms. The van der Waals surface area contributed by atoms with E-state index in [-0.39, 0.29) is 0 Å². The van der Waals surface area contributed by atoms with Crippen LogP contribution in [0.5, 0.6) is 5.75 Å². The van der Waals surface area contributed by atoms with Gasteiger partial charge in [0.15, 0.2) is 11.4 Å². The fraction of sp³-hybridized carbons (Fsp3) is 0.400. The molecule has 4 nitrogen and oxygen atoms in total. The van der Waals surface area contributed by atoms with Crippen molar-refractivity contribution in [3.8, 4) is 5.75 Å². The largest absolute Gasteiger partial charge is 0.573 e. The van der Waals surface area contributed by atoms with Gasteiger partial charge < -0.3 is 9.47 Å². The lowest BCUT2D eigenvalue weighted by Crippen LogP contribution is -2.23. The first-order valence-corrected chi connectivity index (χ1v) is 6.13. The van der Waals surface area contributed by atoms with Gasteiger partial charge in [-0.15, -0.1) is 13.2 Å². The molecule has 0 saturated heterocycles. The molecule has 0 aromatic carbocycles. The van der Waals surface area contributed by atoms with Crippen molar-refractivity contribution in [2.75, 3.05) is 7.11 Å². The van der Waals surface area contributed by atoms with Gasteiger partial charge in [0.1, 0.15) is 5.69 Å². The highest BCUT2D eigenvalue weighted by molar-refractivity contribution is 9.08. The van der Waals surface area contributed by atoms with Crippen LogP contribution in [0.25, 0.3) is 0 Å². The van der Waals surface area contributed by atoms with Crippen molar-refractivity contribution in [3.05, 3.63) is 23.0 Å². The molecule has 0 N–H and O–H groups in total. The summed E-state index contributed by atoms with van der Waals surface area (Å²) in [7, 11) is 0.894. The molecule has 0 unspecified atom stereocenters. The normalized spacial score (nSPS) is 12.2. The van der Waals surface area contributed by atoms with E-state index in [4.69, 9.17) is 0 Å². The van der Waals surface area contributed by atoms with Crippen molar-refractivity contribution in [3.63, 3.8) is 0 Å². The van der Waals surface area contributed by atoms with E-state index in [0.29, 0.717) is 0 Å². The van der Waals surface area contributed by atoms with Crippen LogP contribution in [0.2, 0.25) is 0 Å². The molecular formula is C10H6BrF6NO3. The van der Waals surface area contributed by atoms with E-state index in [1.54, 1.807) is 0 Å². The van der Waals surface area contributed by atoms with Crippen LogP contribution >= 0.6 is 15.9 Å². The molecule has 1 aromatic heterocycles. The fourth-order valence-electron chi connectivity index (χ4n) is 1.32. The van der Waals surface area contributed by atoms with Gasteiger partial charge in [-0.2, -0.15) is 13.2 Å². The Labute approximate surface area is 122 Å². The minimum atomic E-state index is -5.34. The molecule has 0 aliphatic rings. The van der Waals surface area contributed by atoms with Gasteiger partial charge in [0.25, 0.3) is 0 Å². The van der Waals surface area contributed by atoms with Crippen molar-refractivity contribution >= 4 is 21.9 Å². The highest BCUT2D eigenvalue weighted by atomic mass is 79.9. The molecule has 118 valence electrons. The quantitative estimate of drug-likeness (QED) is 0.455. The maximum Gasteiger partial charge on any atom is 0.573 e. The SMILES string of the molecule is COC(=O)c1cc(CBr)c(OC(F)(F)F)c(C(F)(F)F)n1. The zero-order valence-corrected chi connectivity index (χ0v) is 11.7. The predicted molar refractivity (Wildman–Crippen MR) is 59.9 cm³/mol. The van der Waals surface area contributed by atoms with Gasteiger partial charge in [0, 0.05) is 10.9 Å². The minimum absolute atomic E-state index is 0.423. The average Bonchev–Trinajstić information content (AvgIpc) is 2.34. The summed E-state index contributed by atoms with van der Waals surface area (Å²) in [5.41, 5.74) is -3.29. The number of nitrogens with zero attached hydrogens (tertiary/aromatic N) is 1. The molecule has 0 radical (unpaired) electrons. The lowest BCUT2D eigenvalue weighted by molar-refractivity contribution is -0.276. The Morgan fingerprint density at radius 3 is 2.24 bits per heavy atom. The monoisotopic (exact) mass is 381 g/mol. The summed E-state index contributed by atoms with van der Waals surface area (Å²) in [6.07, 6.45) is -10.6. The standard InChI is InChI=1S/C10H6BrF6NO3/c1-20-8(19)5-2-4(3-11)6(21-10(15,16)17)7(18-5)9(12,13)14/h2H,3H2,1H3. The summed E-state index contributed by atoms with van der Waals surface area (Å²) in [5, 5.41) is -0.423. The molecule has 0 fully saturated rings. The summed E-state index contributed by atoms with van der Waals surface area (Å²) < 4.78 is 82.7. The van der Waals surface area contributed by atoms with Crippen LogP contribution in [0.4, 0.5) is 26.3 Å². The summed E-state index contributed by atoms with van der Waals surface area (Å²) >= 11 is 2.73. The Balaban J connectivity index is 3.56. The minimum Gasteiger partial charge on any atom is -0.464 e. The molecule has 1 heterocycles. The third kappa shape index (κ3) is 4.48. The van der Waals surface area contributed by atoms with E-state index < -0.39 is 46.5 Å². The van der Waals surface area contributed by atoms with Crippen molar-refractivity contribution in [2.24, 2.45) is 0 Å². The van der Waals surface area contributed by atoms with Crippen LogP contribution in [0.15, 0.2) is 6.07 Å². The number of carbonyl (C=O) groups excluding carboxylic acids is 1. The topological polar surface area (TPSA) is 48.4 Å². The lowest BCUT2D eigenvalue weighted by atomic mass is 10.1. The maximum absolute atomic E-state index is 12.8. The number of esters is 1. The number of hydrogen-bond donors (Lipinski definition) is 0. The number of pyridine rings is 1. The van der Waals surface area contributed by atoms with Gasteiger partial charge in [-0.1, -0.05) is 15.9 Å². The highest BCUT2D eigenvalue weighted by Crippen LogP contribution is 2.40. The highest BCUT2D eigenvalue weighted by Gasteiger charge is 2.43. The Bertz CT molecular complexity index is 543. The molecular weight excluding hydrogens is 376 g/mol. The Kier molecular flexibility index (Phi) is 5.07. The molecule has 0 aliphatic carbocycles. The van der Waals surface area contributed by atoms with Gasteiger partial charge in [-0.25, -0.2) is 9.78 Å². The maximum atomic E-state index is 12.8. The Morgan fingerprint density at radius 2 is 1.86 bits per heavy atom. The van der Waals surface area contributed by atoms with E-state index in [1.165, 1.54) is 0 Å². The number of rotatable bonds is 3. The van der Waals surface area contributed by atoms with E-state index >= 15 is 0 Å². The van der Waals surface area contributed by atoms with Gasteiger partial charge in [0.05, 0.1) is 7.11 Å². The van der Waals surface area contributed by atoms with Crippen molar-refractivity contribution < 1.29 is 40.6 Å². The van der Waals surface area contributed by atoms with Crippen LogP contribution in [-0.2, 0) is 16.2 Å². The molecule has 0 saturated carbocycles. The molecule has 1 aromatic rings. The van der Waals surface area contributed by atoms with E-state index in [2.05, 4.69) is 30.4 Å². The van der Waals surface area contributed by atoms with Crippen molar-refractivity contribution in [2.45, 2.75) is 17.9 Å². The number of methoxy groups -OCH3 is 1. The number of carbonyl (C=O) groups is 1. The van der Waals surface area contributed by atoms with E-state index in [9.17, 15) is 31.1 Å². The van der Waals surface area contributed by atoms with Gasteiger partial charge >= 0.3 is 18.5 Å². The first kappa shape index (κ1) is 17.5. The summed E-state index contributed by atoms with van der Waals surface area (Å²) in [6, 6.07) is 0.719. The van der Waals surface area contributed by atoms with E-state index in [0.717, 1.165) is 13.2 Å². The molecule has 0 spiro atoms. The smallest absolute Gasteiger partial charge is 0.464 e. The third-order valence-electron chi connectivity index (χ3n) is 2.07. The number of hydrogen-bond acceptors (Lipinski definition) is 4. The summed E-state index contributed by atoms with van der Waals surface area (Å²) in [6.45, 7) is 0. The molecule has 0 aliphatic heterocycles. The van der Waals surface area contributed by atoms with E-state index in [1.807, 2.05) is 0 Å². The summed E-state index contributed by atoms with van der Waals surface area (Å²) in [4.78, 5) is 14.1. The van der Waals surface area contributed by atoms with Gasteiger partial charge in [-0.05, 0) is 6.07 Å². The molecule has 0 bridgehead atoms. The zero-order chi connectivity index (χ0) is 16.4. The molecule has 0 amide bonds. The molecule has 1 rings (SSSR count). The second kappa shape index (κ2) is 6.08. The van der Waals surface area contributed by atoms with Crippen molar-refractivity contribution in [1.82, 2.24) is 4.98 Å². The fourth-order valence-corrected chi connectivity index (χ4v) is 1.73. The van der Waals surface area contributed by atoms with Crippen LogP contribution in [-0.4, -0.2) is 24.4 Å². The second-order valence-corrected chi connectivity index (χ2v) is 4.08. The lowest BCUT2D eigenvalue weighted by Gasteiger charge is -2.18. The van der Waals surface area contributed by atoms with Crippen LogP contribution in [0.3, 0.4) is 0 Å². The molecule has 11 heteroatoms. The zero-order valence-electron chi connectivity index (χ0n) is 10.1. The van der Waals surface area contributed by atoms with Crippen LogP contribution in [0, 0.1) is 0 Å². The summed E-state index contributed by atoms with van der Waals surface area (Å²) in [5.74, 6) is -2.74. The average molecular weight is 382 g/mol. The van der Waals surface area contributed by atoms with Crippen LogP contribution in [0.1, 0.15) is 21.7 Å². The predicted octanol–water partition coefficient (Wildman–Crippen LogP) is 3.68. The first-order chi connectivity index (χ1) is 9.49. The molecule has 0 atom stereocenters.